The topological polar surface area (TPSA) is 55.0 Å². The zero-order chi connectivity index (χ0) is 13.7. The van der Waals surface area contributed by atoms with Gasteiger partial charge < -0.3 is 10.6 Å². The number of anilines is 2. The normalized spacial score (nSPS) is 10.5. The van der Waals surface area contributed by atoms with Gasteiger partial charge in [-0.1, -0.05) is 0 Å². The highest BCUT2D eigenvalue weighted by atomic mass is 19.1. The molecule has 0 bridgehead atoms. The molecule has 0 spiro atoms. The first-order valence-electron chi connectivity index (χ1n) is 6.23. The zero-order valence-corrected chi connectivity index (χ0v) is 10.9. The van der Waals surface area contributed by atoms with Crippen LogP contribution in [0.1, 0.15) is 12.1 Å². The Bertz CT molecular complexity index is 527. The highest BCUT2D eigenvalue weighted by molar-refractivity contribution is 5.61. The monoisotopic (exact) mass is 260 g/mol. The maximum atomic E-state index is 13.0. The van der Waals surface area contributed by atoms with Gasteiger partial charge in [-0.25, -0.2) is 9.37 Å². The molecule has 0 aliphatic heterocycles. The van der Waals surface area contributed by atoms with Crippen molar-refractivity contribution in [3.63, 3.8) is 0 Å². The molecule has 0 aliphatic carbocycles. The van der Waals surface area contributed by atoms with Crippen molar-refractivity contribution in [1.82, 2.24) is 9.97 Å². The predicted molar refractivity (Wildman–Crippen MR) is 73.8 cm³/mol. The maximum absolute atomic E-state index is 13.0. The van der Waals surface area contributed by atoms with Gasteiger partial charge in [0.25, 0.3) is 0 Å². The van der Waals surface area contributed by atoms with E-state index in [0.717, 1.165) is 30.2 Å². The molecule has 0 saturated carbocycles. The van der Waals surface area contributed by atoms with Gasteiger partial charge in [0.15, 0.2) is 5.82 Å². The molecule has 1 aromatic carbocycles. The summed E-state index contributed by atoms with van der Waals surface area (Å²) < 4.78 is 13.0. The molecule has 0 radical (unpaired) electrons. The summed E-state index contributed by atoms with van der Waals surface area (Å²) in [6.45, 7) is 3.22. The summed E-state index contributed by atoms with van der Waals surface area (Å²) in [4.78, 5) is 10.6. The van der Waals surface area contributed by atoms with E-state index in [1.54, 1.807) is 24.5 Å². The number of rotatable bonds is 5. The summed E-state index contributed by atoms with van der Waals surface area (Å²) in [6, 6.07) is 6.35. The minimum atomic E-state index is -0.251. The average molecular weight is 260 g/mol. The van der Waals surface area contributed by atoms with Gasteiger partial charge >= 0.3 is 0 Å². The van der Waals surface area contributed by atoms with Gasteiger partial charge in [-0.05, 0) is 44.2 Å². The summed E-state index contributed by atoms with van der Waals surface area (Å²) >= 11 is 0. The van der Waals surface area contributed by atoms with Crippen LogP contribution in [0.15, 0.2) is 36.7 Å². The van der Waals surface area contributed by atoms with Crippen molar-refractivity contribution in [1.29, 1.82) is 0 Å². The van der Waals surface area contributed by atoms with Gasteiger partial charge in [0, 0.05) is 24.6 Å². The van der Waals surface area contributed by atoms with Crippen LogP contribution in [0.25, 0.3) is 0 Å². The van der Waals surface area contributed by atoms with E-state index in [0.29, 0.717) is 6.54 Å². The van der Waals surface area contributed by atoms with Gasteiger partial charge in [-0.3, -0.25) is 4.98 Å². The standard InChI is InChI=1S/C14H17FN4/c1-11-14(18-9-8-17-11)19(10-2-7-16)13-5-3-12(15)4-6-13/h3-6,8-9H,2,7,10,16H2,1H3. The Morgan fingerprint density at radius 3 is 2.47 bits per heavy atom. The van der Waals surface area contributed by atoms with E-state index in [9.17, 15) is 4.39 Å². The lowest BCUT2D eigenvalue weighted by Crippen LogP contribution is -2.23. The summed E-state index contributed by atoms with van der Waals surface area (Å²) in [7, 11) is 0. The van der Waals surface area contributed by atoms with Gasteiger partial charge in [-0.15, -0.1) is 0 Å². The lowest BCUT2D eigenvalue weighted by molar-refractivity contribution is 0.627. The SMILES string of the molecule is Cc1nccnc1N(CCCN)c1ccc(F)cc1. The van der Waals surface area contributed by atoms with Crippen LogP contribution in [-0.4, -0.2) is 23.1 Å². The maximum Gasteiger partial charge on any atom is 0.154 e. The van der Waals surface area contributed by atoms with Crippen LogP contribution >= 0.6 is 0 Å². The number of benzene rings is 1. The summed E-state index contributed by atoms with van der Waals surface area (Å²) in [5.74, 6) is 0.529. The molecule has 0 saturated heterocycles. The molecular formula is C14H17FN4. The van der Waals surface area contributed by atoms with Crippen molar-refractivity contribution < 1.29 is 4.39 Å². The first-order chi connectivity index (χ1) is 9.22. The van der Waals surface area contributed by atoms with Crippen molar-refractivity contribution in [2.75, 3.05) is 18.0 Å². The molecule has 19 heavy (non-hydrogen) atoms. The van der Waals surface area contributed by atoms with Crippen LogP contribution in [0.5, 0.6) is 0 Å². The van der Waals surface area contributed by atoms with E-state index in [1.807, 2.05) is 11.8 Å². The fraction of sp³-hybridized carbons (Fsp3) is 0.286. The molecule has 1 heterocycles. The number of nitrogens with zero attached hydrogens (tertiary/aromatic N) is 3. The van der Waals surface area contributed by atoms with E-state index in [-0.39, 0.29) is 5.82 Å². The van der Waals surface area contributed by atoms with Crippen LogP contribution in [-0.2, 0) is 0 Å². The molecule has 2 rings (SSSR count). The molecule has 0 aliphatic rings. The zero-order valence-electron chi connectivity index (χ0n) is 10.9. The van der Waals surface area contributed by atoms with Crippen molar-refractivity contribution in [3.05, 3.63) is 48.2 Å². The van der Waals surface area contributed by atoms with E-state index in [4.69, 9.17) is 5.73 Å². The Morgan fingerprint density at radius 2 is 1.84 bits per heavy atom. The number of nitrogens with two attached hydrogens (primary N) is 1. The summed E-state index contributed by atoms with van der Waals surface area (Å²) in [6.07, 6.45) is 4.14. The molecule has 4 nitrogen and oxygen atoms in total. The Balaban J connectivity index is 2.35. The van der Waals surface area contributed by atoms with Gasteiger partial charge in [0.05, 0.1) is 5.69 Å². The van der Waals surface area contributed by atoms with Crippen molar-refractivity contribution in [3.8, 4) is 0 Å². The van der Waals surface area contributed by atoms with E-state index >= 15 is 0 Å². The van der Waals surface area contributed by atoms with E-state index < -0.39 is 0 Å². The van der Waals surface area contributed by atoms with Crippen LogP contribution in [0, 0.1) is 12.7 Å². The molecule has 2 N–H and O–H groups in total. The molecule has 0 fully saturated rings. The lowest BCUT2D eigenvalue weighted by Gasteiger charge is -2.24. The Hall–Kier alpha value is -2.01. The quantitative estimate of drug-likeness (QED) is 0.897. The predicted octanol–water partition coefficient (Wildman–Crippen LogP) is 2.41. The third-order valence-electron chi connectivity index (χ3n) is 2.84. The van der Waals surface area contributed by atoms with Crippen LogP contribution in [0.3, 0.4) is 0 Å². The van der Waals surface area contributed by atoms with Gasteiger partial charge in [-0.2, -0.15) is 0 Å². The molecule has 0 amide bonds. The summed E-state index contributed by atoms with van der Waals surface area (Å²) in [5.41, 5.74) is 7.30. The first-order valence-corrected chi connectivity index (χ1v) is 6.23. The Kier molecular flexibility index (Phi) is 4.41. The van der Waals surface area contributed by atoms with Crippen molar-refractivity contribution >= 4 is 11.5 Å². The molecule has 0 unspecified atom stereocenters. The molecule has 5 heteroatoms. The van der Waals surface area contributed by atoms with E-state index in [1.165, 1.54) is 12.1 Å². The molecule has 2 aromatic rings. The fourth-order valence-corrected chi connectivity index (χ4v) is 1.89. The number of halogens is 1. The second-order valence-corrected chi connectivity index (χ2v) is 4.24. The largest absolute Gasteiger partial charge is 0.330 e. The second-order valence-electron chi connectivity index (χ2n) is 4.24. The van der Waals surface area contributed by atoms with Crippen LogP contribution < -0.4 is 10.6 Å². The van der Waals surface area contributed by atoms with Crippen LogP contribution in [0.2, 0.25) is 0 Å². The smallest absolute Gasteiger partial charge is 0.154 e. The number of aryl methyl sites for hydroxylation is 1. The minimum absolute atomic E-state index is 0.251. The molecule has 100 valence electrons. The highest BCUT2D eigenvalue weighted by Gasteiger charge is 2.13. The average Bonchev–Trinajstić information content (AvgIpc) is 2.43. The van der Waals surface area contributed by atoms with Gasteiger partial charge in [0.1, 0.15) is 5.82 Å². The second kappa shape index (κ2) is 6.24. The summed E-state index contributed by atoms with van der Waals surface area (Å²) in [5, 5.41) is 0. The third-order valence-corrected chi connectivity index (χ3v) is 2.84. The fourth-order valence-electron chi connectivity index (χ4n) is 1.89. The highest BCUT2D eigenvalue weighted by Crippen LogP contribution is 2.25. The minimum Gasteiger partial charge on any atom is -0.330 e. The van der Waals surface area contributed by atoms with E-state index in [2.05, 4.69) is 9.97 Å². The molecule has 1 aromatic heterocycles. The third kappa shape index (κ3) is 3.26. The Labute approximate surface area is 112 Å². The number of hydrogen-bond donors (Lipinski definition) is 1. The first kappa shape index (κ1) is 13.4. The van der Waals surface area contributed by atoms with Crippen molar-refractivity contribution in [2.24, 2.45) is 5.73 Å². The lowest BCUT2D eigenvalue weighted by atomic mass is 10.2. The van der Waals surface area contributed by atoms with Crippen LogP contribution in [0.4, 0.5) is 15.9 Å². The Morgan fingerprint density at radius 1 is 1.16 bits per heavy atom. The van der Waals surface area contributed by atoms with Crippen molar-refractivity contribution in [2.45, 2.75) is 13.3 Å². The molecule has 0 atom stereocenters. The van der Waals surface area contributed by atoms with Gasteiger partial charge in [0.2, 0.25) is 0 Å². The molecular weight excluding hydrogens is 243 g/mol. The number of aromatic nitrogens is 2. The number of hydrogen-bond acceptors (Lipinski definition) is 4.